The summed E-state index contributed by atoms with van der Waals surface area (Å²) in [5, 5.41) is 3.17. The molecule has 1 aromatic heterocycles. The molecule has 122 valence electrons. The number of hydrogen-bond acceptors (Lipinski definition) is 3. The summed E-state index contributed by atoms with van der Waals surface area (Å²) in [6.07, 6.45) is 3.48. The highest BCUT2D eigenvalue weighted by atomic mass is 16.1. The van der Waals surface area contributed by atoms with Crippen LogP contribution in [0.15, 0.2) is 65.5 Å². The van der Waals surface area contributed by atoms with Gasteiger partial charge in [0.1, 0.15) is 0 Å². The molecule has 2 N–H and O–H groups in total. The third kappa shape index (κ3) is 4.10. The van der Waals surface area contributed by atoms with Gasteiger partial charge in [-0.15, -0.1) is 0 Å². The minimum atomic E-state index is -0.175. The average Bonchev–Trinajstić information content (AvgIpc) is 2.61. The predicted octanol–water partition coefficient (Wildman–Crippen LogP) is 4.52. The van der Waals surface area contributed by atoms with Gasteiger partial charge in [0.05, 0.1) is 5.69 Å². The maximum atomic E-state index is 11.9. The molecule has 3 rings (SSSR count). The molecule has 0 aliphatic carbocycles. The van der Waals surface area contributed by atoms with E-state index in [1.54, 1.807) is 0 Å². The van der Waals surface area contributed by atoms with Crippen molar-refractivity contribution in [3.05, 3.63) is 76.6 Å². The molecule has 0 aliphatic heterocycles. The number of unbranched alkanes of at least 4 members (excludes halogenated alkanes) is 1. The molecule has 0 spiro atoms. The van der Waals surface area contributed by atoms with Gasteiger partial charge in [0.15, 0.2) is 0 Å². The van der Waals surface area contributed by atoms with Crippen LogP contribution in [0.2, 0.25) is 0 Å². The van der Waals surface area contributed by atoms with E-state index >= 15 is 0 Å². The Morgan fingerprint density at radius 3 is 2.50 bits per heavy atom. The van der Waals surface area contributed by atoms with Crippen molar-refractivity contribution >= 4 is 11.6 Å². The second-order valence-corrected chi connectivity index (χ2v) is 5.77. The summed E-state index contributed by atoms with van der Waals surface area (Å²) in [4.78, 5) is 19.2. The quantitative estimate of drug-likeness (QED) is 0.702. The Hall–Kier alpha value is -2.88. The zero-order chi connectivity index (χ0) is 16.8. The lowest BCUT2D eigenvalue weighted by molar-refractivity contribution is 0.795. The smallest absolute Gasteiger partial charge is 0.252 e. The van der Waals surface area contributed by atoms with Crippen molar-refractivity contribution in [2.45, 2.75) is 26.2 Å². The van der Waals surface area contributed by atoms with Gasteiger partial charge in [0, 0.05) is 17.3 Å². The zero-order valence-corrected chi connectivity index (χ0v) is 13.8. The predicted molar refractivity (Wildman–Crippen MR) is 98.6 cm³/mol. The Labute approximate surface area is 141 Å². The monoisotopic (exact) mass is 319 g/mol. The summed E-state index contributed by atoms with van der Waals surface area (Å²) >= 11 is 0. The third-order valence-electron chi connectivity index (χ3n) is 3.85. The van der Waals surface area contributed by atoms with Crippen LogP contribution in [-0.2, 0) is 6.42 Å². The van der Waals surface area contributed by atoms with Crippen molar-refractivity contribution in [2.75, 3.05) is 5.32 Å². The van der Waals surface area contributed by atoms with Crippen molar-refractivity contribution in [1.29, 1.82) is 0 Å². The van der Waals surface area contributed by atoms with E-state index in [0.29, 0.717) is 11.6 Å². The number of rotatable bonds is 6. The molecule has 4 heteroatoms. The molecular weight excluding hydrogens is 298 g/mol. The number of aryl methyl sites for hydroxylation is 1. The largest absolute Gasteiger partial charge is 0.326 e. The van der Waals surface area contributed by atoms with Crippen LogP contribution in [0, 0.1) is 0 Å². The van der Waals surface area contributed by atoms with E-state index in [1.807, 2.05) is 42.5 Å². The van der Waals surface area contributed by atoms with Gasteiger partial charge < -0.3 is 5.32 Å². The van der Waals surface area contributed by atoms with Crippen LogP contribution in [-0.4, -0.2) is 9.97 Å². The zero-order valence-electron chi connectivity index (χ0n) is 13.8. The fourth-order valence-electron chi connectivity index (χ4n) is 2.55. The van der Waals surface area contributed by atoms with Crippen LogP contribution in [0.25, 0.3) is 11.3 Å². The fraction of sp³-hybridized carbons (Fsp3) is 0.200. The summed E-state index contributed by atoms with van der Waals surface area (Å²) < 4.78 is 0. The first-order valence-corrected chi connectivity index (χ1v) is 8.27. The van der Waals surface area contributed by atoms with E-state index in [4.69, 9.17) is 0 Å². The van der Waals surface area contributed by atoms with Crippen LogP contribution in [0.5, 0.6) is 0 Å². The van der Waals surface area contributed by atoms with Gasteiger partial charge in [0.2, 0.25) is 5.95 Å². The van der Waals surface area contributed by atoms with Gasteiger partial charge in [-0.05, 0) is 30.5 Å². The number of H-pyrrole nitrogens is 1. The first kappa shape index (κ1) is 16.0. The van der Waals surface area contributed by atoms with Crippen molar-refractivity contribution in [3.63, 3.8) is 0 Å². The van der Waals surface area contributed by atoms with Crippen LogP contribution < -0.4 is 10.9 Å². The first-order valence-electron chi connectivity index (χ1n) is 8.27. The highest BCUT2D eigenvalue weighted by Gasteiger charge is 2.04. The summed E-state index contributed by atoms with van der Waals surface area (Å²) in [7, 11) is 0. The molecule has 0 saturated carbocycles. The highest BCUT2D eigenvalue weighted by molar-refractivity contribution is 5.61. The molecule has 0 atom stereocenters. The van der Waals surface area contributed by atoms with E-state index in [1.165, 1.54) is 24.5 Å². The fourth-order valence-corrected chi connectivity index (χ4v) is 2.55. The van der Waals surface area contributed by atoms with Crippen molar-refractivity contribution in [3.8, 4) is 11.3 Å². The Morgan fingerprint density at radius 1 is 1.04 bits per heavy atom. The number of nitrogens with one attached hydrogen (secondary N) is 2. The number of benzene rings is 2. The summed E-state index contributed by atoms with van der Waals surface area (Å²) in [6, 6.07) is 19.4. The SMILES string of the molecule is CCCCc1ccc(Nc2nc(-c3ccccc3)cc(=O)[nH]2)cc1. The van der Waals surface area contributed by atoms with Crippen molar-refractivity contribution < 1.29 is 0 Å². The minimum Gasteiger partial charge on any atom is -0.326 e. The molecule has 0 amide bonds. The molecule has 0 unspecified atom stereocenters. The van der Waals surface area contributed by atoms with Gasteiger partial charge in [0.25, 0.3) is 5.56 Å². The van der Waals surface area contributed by atoms with Gasteiger partial charge in [-0.2, -0.15) is 0 Å². The number of aromatic nitrogens is 2. The number of hydrogen-bond donors (Lipinski definition) is 2. The van der Waals surface area contributed by atoms with Crippen LogP contribution >= 0.6 is 0 Å². The summed E-state index contributed by atoms with van der Waals surface area (Å²) in [5.41, 5.74) is 3.62. The standard InChI is InChI=1S/C20H21N3O/c1-2-3-7-15-10-12-17(13-11-15)21-20-22-18(14-19(24)23-20)16-8-5-4-6-9-16/h4-6,8-14H,2-3,7H2,1H3,(H2,21,22,23,24). The van der Waals surface area contributed by atoms with Gasteiger partial charge in [-0.3, -0.25) is 9.78 Å². The summed E-state index contributed by atoms with van der Waals surface area (Å²) in [6.45, 7) is 2.19. The lowest BCUT2D eigenvalue weighted by Crippen LogP contribution is -2.10. The highest BCUT2D eigenvalue weighted by Crippen LogP contribution is 2.18. The van der Waals surface area contributed by atoms with Crippen LogP contribution in [0.3, 0.4) is 0 Å². The maximum Gasteiger partial charge on any atom is 0.252 e. The van der Waals surface area contributed by atoms with Crippen molar-refractivity contribution in [1.82, 2.24) is 9.97 Å². The molecule has 0 saturated heterocycles. The van der Waals surface area contributed by atoms with E-state index in [0.717, 1.165) is 17.7 Å². The molecule has 0 bridgehead atoms. The minimum absolute atomic E-state index is 0.175. The molecule has 2 aromatic carbocycles. The Bertz CT molecular complexity index is 839. The molecule has 0 aliphatic rings. The topological polar surface area (TPSA) is 57.8 Å². The number of anilines is 2. The molecule has 4 nitrogen and oxygen atoms in total. The van der Waals surface area contributed by atoms with E-state index < -0.39 is 0 Å². The molecule has 24 heavy (non-hydrogen) atoms. The number of aromatic amines is 1. The third-order valence-corrected chi connectivity index (χ3v) is 3.85. The number of nitrogens with zero attached hydrogens (tertiary/aromatic N) is 1. The van der Waals surface area contributed by atoms with E-state index in [2.05, 4.69) is 34.3 Å². The van der Waals surface area contributed by atoms with Crippen molar-refractivity contribution in [2.24, 2.45) is 0 Å². The molecule has 0 radical (unpaired) electrons. The second-order valence-electron chi connectivity index (χ2n) is 5.77. The van der Waals surface area contributed by atoms with Gasteiger partial charge >= 0.3 is 0 Å². The second kappa shape index (κ2) is 7.59. The van der Waals surface area contributed by atoms with Gasteiger partial charge in [-0.1, -0.05) is 55.8 Å². The Morgan fingerprint density at radius 2 is 1.79 bits per heavy atom. The van der Waals surface area contributed by atoms with Crippen LogP contribution in [0.4, 0.5) is 11.6 Å². The average molecular weight is 319 g/mol. The molecule has 3 aromatic rings. The Kier molecular flexibility index (Phi) is 5.06. The van der Waals surface area contributed by atoms with Crippen LogP contribution in [0.1, 0.15) is 25.3 Å². The molecule has 0 fully saturated rings. The lowest BCUT2D eigenvalue weighted by atomic mass is 10.1. The van der Waals surface area contributed by atoms with E-state index in [9.17, 15) is 4.79 Å². The van der Waals surface area contributed by atoms with Gasteiger partial charge in [-0.25, -0.2) is 4.98 Å². The lowest BCUT2D eigenvalue weighted by Gasteiger charge is -2.08. The molecule has 1 heterocycles. The first-order chi connectivity index (χ1) is 11.7. The molecular formula is C20H21N3O. The maximum absolute atomic E-state index is 11.9. The van der Waals surface area contributed by atoms with E-state index in [-0.39, 0.29) is 5.56 Å². The normalized spacial score (nSPS) is 10.5. The summed E-state index contributed by atoms with van der Waals surface area (Å²) in [5.74, 6) is 0.447. The Balaban J connectivity index is 1.80.